The van der Waals surface area contributed by atoms with Crippen LogP contribution in [0.2, 0.25) is 0 Å². The van der Waals surface area contributed by atoms with Crippen molar-refractivity contribution in [2.75, 3.05) is 0 Å². The topological polar surface area (TPSA) is 64.9 Å². The Morgan fingerprint density at radius 1 is 0.742 bits per heavy atom. The van der Waals surface area contributed by atoms with Gasteiger partial charge in [0.2, 0.25) is 0 Å². The molecule has 3 aromatic carbocycles. The SMILES string of the molecule is Cc1cccc(-c2c(C#N)c(C#N)c3nc4ccccn4c3c2-c2cccc(C)c2)c1. The lowest BCUT2D eigenvalue weighted by molar-refractivity contribution is 1.23. The predicted molar refractivity (Wildman–Crippen MR) is 122 cm³/mol. The van der Waals surface area contributed by atoms with Crippen molar-refractivity contribution in [1.82, 2.24) is 9.38 Å². The van der Waals surface area contributed by atoms with Crippen LogP contribution in [0.15, 0.2) is 72.9 Å². The maximum Gasteiger partial charge on any atom is 0.137 e. The number of aromatic nitrogens is 2. The Bertz CT molecular complexity index is 1580. The van der Waals surface area contributed by atoms with Crippen molar-refractivity contribution in [3.8, 4) is 34.4 Å². The highest BCUT2D eigenvalue weighted by Crippen LogP contribution is 2.43. The minimum atomic E-state index is 0.314. The summed E-state index contributed by atoms with van der Waals surface area (Å²) >= 11 is 0. The average molecular weight is 398 g/mol. The number of aryl methyl sites for hydroxylation is 2. The average Bonchev–Trinajstić information content (AvgIpc) is 3.16. The Morgan fingerprint density at radius 3 is 2.00 bits per heavy atom. The molecule has 2 heterocycles. The molecule has 0 bridgehead atoms. The molecule has 0 spiro atoms. The molecule has 2 aromatic heterocycles. The van der Waals surface area contributed by atoms with E-state index in [2.05, 4.69) is 43.3 Å². The van der Waals surface area contributed by atoms with Gasteiger partial charge in [0, 0.05) is 17.3 Å². The number of pyridine rings is 1. The number of nitrogens with zero attached hydrogens (tertiary/aromatic N) is 4. The van der Waals surface area contributed by atoms with Crippen LogP contribution in [-0.2, 0) is 0 Å². The molecule has 0 aliphatic carbocycles. The minimum absolute atomic E-state index is 0.314. The van der Waals surface area contributed by atoms with E-state index >= 15 is 0 Å². The van der Waals surface area contributed by atoms with Gasteiger partial charge in [0.25, 0.3) is 0 Å². The van der Waals surface area contributed by atoms with Gasteiger partial charge >= 0.3 is 0 Å². The molecular weight excluding hydrogens is 380 g/mol. The summed E-state index contributed by atoms with van der Waals surface area (Å²) in [5.41, 5.74) is 8.62. The molecule has 146 valence electrons. The van der Waals surface area contributed by atoms with Gasteiger partial charge in [0.1, 0.15) is 23.3 Å². The fourth-order valence-corrected chi connectivity index (χ4v) is 4.29. The third-order valence-electron chi connectivity index (χ3n) is 5.59. The summed E-state index contributed by atoms with van der Waals surface area (Å²) in [6.45, 7) is 4.08. The van der Waals surface area contributed by atoms with Gasteiger partial charge in [-0.2, -0.15) is 10.5 Å². The summed E-state index contributed by atoms with van der Waals surface area (Å²) < 4.78 is 2.01. The van der Waals surface area contributed by atoms with E-state index in [0.717, 1.165) is 44.5 Å². The zero-order valence-electron chi connectivity index (χ0n) is 17.2. The van der Waals surface area contributed by atoms with Crippen LogP contribution >= 0.6 is 0 Å². The molecule has 0 unspecified atom stereocenters. The van der Waals surface area contributed by atoms with Crippen molar-refractivity contribution in [2.45, 2.75) is 13.8 Å². The van der Waals surface area contributed by atoms with E-state index in [4.69, 9.17) is 4.98 Å². The maximum absolute atomic E-state index is 10.2. The number of fused-ring (bicyclic) bond motifs is 3. The first-order chi connectivity index (χ1) is 15.1. The molecule has 5 rings (SSSR count). The van der Waals surface area contributed by atoms with Gasteiger partial charge in [0.15, 0.2) is 0 Å². The second-order valence-corrected chi connectivity index (χ2v) is 7.70. The lowest BCUT2D eigenvalue weighted by atomic mass is 9.86. The molecule has 0 fully saturated rings. The number of imidazole rings is 1. The minimum Gasteiger partial charge on any atom is -0.299 e. The predicted octanol–water partition coefficient (Wildman–Crippen LogP) is 6.18. The van der Waals surface area contributed by atoms with Crippen molar-refractivity contribution in [2.24, 2.45) is 0 Å². The molecule has 4 nitrogen and oxygen atoms in total. The third kappa shape index (κ3) is 2.86. The van der Waals surface area contributed by atoms with Gasteiger partial charge in [-0.1, -0.05) is 65.7 Å². The number of hydrogen-bond donors (Lipinski definition) is 0. The number of rotatable bonds is 2. The largest absolute Gasteiger partial charge is 0.299 e. The normalized spacial score (nSPS) is 10.8. The van der Waals surface area contributed by atoms with Crippen LogP contribution in [0.4, 0.5) is 0 Å². The van der Waals surface area contributed by atoms with E-state index < -0.39 is 0 Å². The van der Waals surface area contributed by atoms with Crippen LogP contribution in [0.5, 0.6) is 0 Å². The summed E-state index contributed by atoms with van der Waals surface area (Å²) in [4.78, 5) is 4.74. The van der Waals surface area contributed by atoms with E-state index in [1.165, 1.54) is 0 Å². The first-order valence-corrected chi connectivity index (χ1v) is 10.0. The van der Waals surface area contributed by atoms with Crippen LogP contribution in [0.1, 0.15) is 22.3 Å². The van der Waals surface area contributed by atoms with Gasteiger partial charge < -0.3 is 0 Å². The van der Waals surface area contributed by atoms with E-state index in [-0.39, 0.29) is 0 Å². The van der Waals surface area contributed by atoms with Gasteiger partial charge in [-0.25, -0.2) is 4.98 Å². The number of nitriles is 2. The molecule has 0 radical (unpaired) electrons. The van der Waals surface area contributed by atoms with E-state index in [1.807, 2.05) is 60.0 Å². The zero-order chi connectivity index (χ0) is 21.5. The zero-order valence-corrected chi connectivity index (χ0v) is 17.2. The summed E-state index contributed by atoms with van der Waals surface area (Å²) in [7, 11) is 0. The molecule has 0 saturated carbocycles. The van der Waals surface area contributed by atoms with Crippen LogP contribution in [-0.4, -0.2) is 9.38 Å². The lowest BCUT2D eigenvalue weighted by Crippen LogP contribution is -1.99. The van der Waals surface area contributed by atoms with Crippen molar-refractivity contribution in [3.63, 3.8) is 0 Å². The standard InChI is InChI=1S/C27H18N4/c1-17-7-5-9-19(13-17)24-21(15-28)22(16-29)26-27(31-12-4-3-11-23(31)30-26)25(24)20-10-6-8-18(2)14-20/h3-14H,1-2H3. The molecular formula is C27H18N4. The van der Waals surface area contributed by atoms with E-state index in [1.54, 1.807) is 0 Å². The Labute approximate surface area is 180 Å². The fourth-order valence-electron chi connectivity index (χ4n) is 4.29. The highest BCUT2D eigenvalue weighted by atomic mass is 15.0. The molecule has 0 N–H and O–H groups in total. The van der Waals surface area contributed by atoms with Crippen molar-refractivity contribution >= 4 is 16.7 Å². The lowest BCUT2D eigenvalue weighted by Gasteiger charge is -2.16. The fraction of sp³-hybridized carbons (Fsp3) is 0.0741. The molecule has 0 amide bonds. The van der Waals surface area contributed by atoms with Crippen molar-refractivity contribution in [3.05, 3.63) is 95.2 Å². The van der Waals surface area contributed by atoms with Gasteiger partial charge in [0.05, 0.1) is 16.6 Å². The van der Waals surface area contributed by atoms with Crippen molar-refractivity contribution in [1.29, 1.82) is 10.5 Å². The third-order valence-corrected chi connectivity index (χ3v) is 5.59. The van der Waals surface area contributed by atoms with Crippen LogP contribution in [0.25, 0.3) is 38.9 Å². The maximum atomic E-state index is 10.2. The highest BCUT2D eigenvalue weighted by molar-refractivity contribution is 6.07. The quantitative estimate of drug-likeness (QED) is 0.356. The van der Waals surface area contributed by atoms with Crippen molar-refractivity contribution < 1.29 is 0 Å². The van der Waals surface area contributed by atoms with Gasteiger partial charge in [-0.3, -0.25) is 4.40 Å². The molecule has 0 saturated heterocycles. The van der Waals surface area contributed by atoms with Crippen LogP contribution in [0.3, 0.4) is 0 Å². The Morgan fingerprint density at radius 2 is 1.39 bits per heavy atom. The Kier molecular flexibility index (Phi) is 4.28. The highest BCUT2D eigenvalue weighted by Gasteiger charge is 2.25. The molecule has 0 aliphatic heterocycles. The summed E-state index contributed by atoms with van der Waals surface area (Å²) in [6.07, 6.45) is 1.96. The second kappa shape index (κ2) is 7.13. The summed E-state index contributed by atoms with van der Waals surface area (Å²) in [5.74, 6) is 0. The van der Waals surface area contributed by atoms with E-state index in [9.17, 15) is 10.5 Å². The molecule has 0 atom stereocenters. The first-order valence-electron chi connectivity index (χ1n) is 10.0. The first kappa shape index (κ1) is 18.6. The van der Waals surface area contributed by atoms with Gasteiger partial charge in [-0.05, 0) is 37.1 Å². The smallest absolute Gasteiger partial charge is 0.137 e. The van der Waals surface area contributed by atoms with E-state index in [0.29, 0.717) is 16.6 Å². The van der Waals surface area contributed by atoms with Gasteiger partial charge in [-0.15, -0.1) is 0 Å². The Balaban J connectivity index is 2.11. The summed E-state index contributed by atoms with van der Waals surface area (Å²) in [6, 6.07) is 26.7. The second-order valence-electron chi connectivity index (χ2n) is 7.70. The summed E-state index contributed by atoms with van der Waals surface area (Å²) in [5, 5.41) is 20.2. The molecule has 5 aromatic rings. The van der Waals surface area contributed by atoms with Crippen LogP contribution in [0, 0.1) is 36.5 Å². The molecule has 4 heteroatoms. The molecule has 0 aliphatic rings. The number of hydrogen-bond acceptors (Lipinski definition) is 3. The Hall–Kier alpha value is -4.41. The monoisotopic (exact) mass is 398 g/mol. The van der Waals surface area contributed by atoms with Crippen LogP contribution < -0.4 is 0 Å². The number of benzene rings is 3. The molecule has 31 heavy (non-hydrogen) atoms.